The summed E-state index contributed by atoms with van der Waals surface area (Å²) in [7, 11) is 1.32. The average Bonchev–Trinajstić information content (AvgIpc) is 2.39. The SMILES string of the molecule is COC(=O)c1c(C)c(N)c(C)c(CNCC(=O)O)c1C. The van der Waals surface area contributed by atoms with Crippen molar-refractivity contribution in [3.8, 4) is 0 Å². The number of benzene rings is 1. The molecule has 0 bridgehead atoms. The van der Waals surface area contributed by atoms with Crippen molar-refractivity contribution in [1.29, 1.82) is 0 Å². The Hall–Kier alpha value is -2.08. The van der Waals surface area contributed by atoms with Crippen molar-refractivity contribution in [1.82, 2.24) is 5.32 Å². The van der Waals surface area contributed by atoms with Crippen LogP contribution in [-0.2, 0) is 16.1 Å². The highest BCUT2D eigenvalue weighted by Crippen LogP contribution is 2.29. The van der Waals surface area contributed by atoms with Crippen LogP contribution in [0.2, 0.25) is 0 Å². The molecule has 0 atom stereocenters. The van der Waals surface area contributed by atoms with E-state index in [-0.39, 0.29) is 6.54 Å². The molecule has 0 radical (unpaired) electrons. The van der Waals surface area contributed by atoms with E-state index < -0.39 is 11.9 Å². The maximum atomic E-state index is 11.9. The van der Waals surface area contributed by atoms with Gasteiger partial charge in [-0.25, -0.2) is 4.79 Å². The third-order valence-corrected chi connectivity index (χ3v) is 3.43. The zero-order valence-electron chi connectivity index (χ0n) is 12.2. The van der Waals surface area contributed by atoms with Crippen LogP contribution in [-0.4, -0.2) is 30.7 Å². The number of carbonyl (C=O) groups excluding carboxylic acids is 1. The van der Waals surface area contributed by atoms with E-state index in [1.165, 1.54) is 7.11 Å². The number of hydrogen-bond acceptors (Lipinski definition) is 5. The van der Waals surface area contributed by atoms with Crippen molar-refractivity contribution in [3.63, 3.8) is 0 Å². The van der Waals surface area contributed by atoms with Crippen LogP contribution in [0.25, 0.3) is 0 Å². The smallest absolute Gasteiger partial charge is 0.338 e. The predicted octanol–water partition coefficient (Wildman–Crippen LogP) is 1.15. The Bertz CT molecular complexity index is 553. The number of nitrogen functional groups attached to an aromatic ring is 1. The van der Waals surface area contributed by atoms with E-state index in [1.54, 1.807) is 6.92 Å². The van der Waals surface area contributed by atoms with Crippen LogP contribution in [0.1, 0.15) is 32.6 Å². The largest absolute Gasteiger partial charge is 0.480 e. The second-order valence-electron chi connectivity index (χ2n) is 4.63. The molecule has 0 aliphatic carbocycles. The lowest BCUT2D eigenvalue weighted by Gasteiger charge is -2.19. The molecule has 1 rings (SSSR count). The predicted molar refractivity (Wildman–Crippen MR) is 75.7 cm³/mol. The lowest BCUT2D eigenvalue weighted by molar-refractivity contribution is -0.136. The molecule has 0 aliphatic rings. The van der Waals surface area contributed by atoms with Gasteiger partial charge >= 0.3 is 11.9 Å². The Kier molecular flexibility index (Phi) is 5.10. The van der Waals surface area contributed by atoms with Crippen LogP contribution in [0.4, 0.5) is 5.69 Å². The minimum atomic E-state index is -0.936. The highest BCUT2D eigenvalue weighted by molar-refractivity contribution is 5.95. The molecule has 110 valence electrons. The third-order valence-electron chi connectivity index (χ3n) is 3.43. The summed E-state index contributed by atoms with van der Waals surface area (Å²) in [6, 6.07) is 0. The second kappa shape index (κ2) is 6.38. The maximum absolute atomic E-state index is 11.9. The van der Waals surface area contributed by atoms with Gasteiger partial charge in [-0.2, -0.15) is 0 Å². The normalized spacial score (nSPS) is 10.4. The van der Waals surface area contributed by atoms with Crippen molar-refractivity contribution < 1.29 is 19.4 Å². The topological polar surface area (TPSA) is 102 Å². The van der Waals surface area contributed by atoms with E-state index in [1.807, 2.05) is 13.8 Å². The van der Waals surface area contributed by atoms with Crippen molar-refractivity contribution in [2.24, 2.45) is 0 Å². The number of rotatable bonds is 5. The lowest BCUT2D eigenvalue weighted by Crippen LogP contribution is -2.24. The fourth-order valence-corrected chi connectivity index (χ4v) is 2.26. The first-order valence-corrected chi connectivity index (χ1v) is 6.20. The summed E-state index contributed by atoms with van der Waals surface area (Å²) in [4.78, 5) is 22.4. The fourth-order valence-electron chi connectivity index (χ4n) is 2.26. The van der Waals surface area contributed by atoms with Gasteiger partial charge in [-0.3, -0.25) is 4.79 Å². The number of carboxylic acids is 1. The molecule has 20 heavy (non-hydrogen) atoms. The lowest BCUT2D eigenvalue weighted by atomic mass is 9.91. The summed E-state index contributed by atoms with van der Waals surface area (Å²) in [6.45, 7) is 5.62. The molecule has 1 aromatic carbocycles. The fraction of sp³-hybridized carbons (Fsp3) is 0.429. The molecule has 0 heterocycles. The Morgan fingerprint density at radius 2 is 1.80 bits per heavy atom. The zero-order chi connectivity index (χ0) is 15.4. The van der Waals surface area contributed by atoms with Crippen molar-refractivity contribution in [2.75, 3.05) is 19.4 Å². The Balaban J connectivity index is 3.26. The van der Waals surface area contributed by atoms with Crippen molar-refractivity contribution in [3.05, 3.63) is 27.8 Å². The molecule has 6 heteroatoms. The van der Waals surface area contributed by atoms with Crippen LogP contribution < -0.4 is 11.1 Å². The molecule has 1 aromatic rings. The molecule has 6 nitrogen and oxygen atoms in total. The summed E-state index contributed by atoms with van der Waals surface area (Å²) >= 11 is 0. The van der Waals surface area contributed by atoms with E-state index in [2.05, 4.69) is 5.32 Å². The Morgan fingerprint density at radius 1 is 1.20 bits per heavy atom. The molecule has 0 saturated heterocycles. The number of esters is 1. The number of nitrogens with two attached hydrogens (primary N) is 1. The highest BCUT2D eigenvalue weighted by Gasteiger charge is 2.20. The van der Waals surface area contributed by atoms with Crippen LogP contribution in [0.5, 0.6) is 0 Å². The van der Waals surface area contributed by atoms with Crippen molar-refractivity contribution in [2.45, 2.75) is 27.3 Å². The number of hydrogen-bond donors (Lipinski definition) is 3. The molecule has 0 unspecified atom stereocenters. The number of carbonyl (C=O) groups is 2. The Morgan fingerprint density at radius 3 is 2.30 bits per heavy atom. The van der Waals surface area contributed by atoms with Gasteiger partial charge in [-0.1, -0.05) is 0 Å². The van der Waals surface area contributed by atoms with E-state index in [9.17, 15) is 9.59 Å². The zero-order valence-corrected chi connectivity index (χ0v) is 12.2. The van der Waals surface area contributed by atoms with Crippen LogP contribution in [0.3, 0.4) is 0 Å². The molecule has 0 saturated carbocycles. The highest BCUT2D eigenvalue weighted by atomic mass is 16.5. The first kappa shape index (κ1) is 16.0. The number of anilines is 1. The molecule has 4 N–H and O–H groups in total. The first-order valence-electron chi connectivity index (χ1n) is 6.20. The average molecular weight is 280 g/mol. The van der Waals surface area contributed by atoms with Crippen molar-refractivity contribution >= 4 is 17.6 Å². The van der Waals surface area contributed by atoms with Gasteiger partial charge in [0.15, 0.2) is 0 Å². The van der Waals surface area contributed by atoms with E-state index in [0.29, 0.717) is 23.4 Å². The minimum Gasteiger partial charge on any atom is -0.480 e. The Labute approximate surface area is 117 Å². The van der Waals surface area contributed by atoms with E-state index in [4.69, 9.17) is 15.6 Å². The number of methoxy groups -OCH3 is 1. The van der Waals surface area contributed by atoms with E-state index in [0.717, 1.165) is 16.7 Å². The monoisotopic (exact) mass is 280 g/mol. The molecule has 0 fully saturated rings. The van der Waals surface area contributed by atoms with Gasteiger partial charge in [0.2, 0.25) is 0 Å². The standard InChI is InChI=1S/C14H20N2O4/c1-7-10(5-16-6-11(17)18)8(2)13(15)9(3)12(7)14(19)20-4/h16H,5-6,15H2,1-4H3,(H,17,18). The number of nitrogens with one attached hydrogen (secondary N) is 1. The molecule has 0 spiro atoms. The molecular weight excluding hydrogens is 260 g/mol. The molecule has 0 aliphatic heterocycles. The molecular formula is C14H20N2O4. The quantitative estimate of drug-likeness (QED) is 0.552. The van der Waals surface area contributed by atoms with Gasteiger partial charge in [-0.15, -0.1) is 0 Å². The van der Waals surface area contributed by atoms with Gasteiger partial charge in [-0.05, 0) is 43.0 Å². The first-order chi connectivity index (χ1) is 9.31. The maximum Gasteiger partial charge on any atom is 0.338 e. The van der Waals surface area contributed by atoms with Gasteiger partial charge < -0.3 is 20.9 Å². The van der Waals surface area contributed by atoms with Crippen LogP contribution >= 0.6 is 0 Å². The minimum absolute atomic E-state index is 0.153. The van der Waals surface area contributed by atoms with Crippen LogP contribution in [0, 0.1) is 20.8 Å². The summed E-state index contributed by atoms with van der Waals surface area (Å²) in [5, 5.41) is 11.5. The number of ether oxygens (including phenoxy) is 1. The summed E-state index contributed by atoms with van der Waals surface area (Å²) in [5.41, 5.74) is 10.1. The summed E-state index contributed by atoms with van der Waals surface area (Å²) in [6.07, 6.45) is 0. The molecule has 0 amide bonds. The van der Waals surface area contributed by atoms with Gasteiger partial charge in [0.1, 0.15) is 0 Å². The van der Waals surface area contributed by atoms with Crippen LogP contribution in [0.15, 0.2) is 0 Å². The number of carboxylic acid groups (broad SMARTS) is 1. The summed E-state index contributed by atoms with van der Waals surface area (Å²) in [5.74, 6) is -1.38. The second-order valence-corrected chi connectivity index (χ2v) is 4.63. The number of aliphatic carboxylic acids is 1. The van der Waals surface area contributed by atoms with Gasteiger partial charge in [0.05, 0.1) is 19.2 Å². The van der Waals surface area contributed by atoms with Gasteiger partial charge in [0.25, 0.3) is 0 Å². The third kappa shape index (κ3) is 3.08. The van der Waals surface area contributed by atoms with Gasteiger partial charge in [0, 0.05) is 12.2 Å². The van der Waals surface area contributed by atoms with E-state index >= 15 is 0 Å². The molecule has 0 aromatic heterocycles. The summed E-state index contributed by atoms with van der Waals surface area (Å²) < 4.78 is 4.78.